The van der Waals surface area contributed by atoms with Crippen molar-refractivity contribution < 1.29 is 4.74 Å². The number of hydrogen-bond acceptors (Lipinski definition) is 3. The van der Waals surface area contributed by atoms with Gasteiger partial charge in [0.25, 0.3) is 0 Å². The number of fused-ring (bicyclic) bond motifs is 17. The molecule has 1 aliphatic carbocycles. The van der Waals surface area contributed by atoms with E-state index >= 15 is 0 Å². The lowest BCUT2D eigenvalue weighted by atomic mass is 9.66. The van der Waals surface area contributed by atoms with Crippen LogP contribution in [0.15, 0.2) is 188 Å². The molecule has 0 saturated heterocycles. The molecule has 0 atom stereocenters. The molecular weight excluding hydrogens is 695 g/mol. The summed E-state index contributed by atoms with van der Waals surface area (Å²) >= 11 is 0. The van der Waals surface area contributed by atoms with E-state index in [2.05, 4.69) is 193 Å². The number of hydrogen-bond donors (Lipinski definition) is 0. The van der Waals surface area contributed by atoms with Crippen LogP contribution in [0.5, 0.6) is 11.5 Å². The van der Waals surface area contributed by atoms with E-state index in [1.165, 1.54) is 54.6 Å². The molecule has 0 saturated carbocycles. The van der Waals surface area contributed by atoms with Gasteiger partial charge >= 0.3 is 0 Å². The number of aromatic nitrogens is 3. The van der Waals surface area contributed by atoms with Crippen molar-refractivity contribution in [2.75, 3.05) is 0 Å². The van der Waals surface area contributed by atoms with Crippen molar-refractivity contribution in [3.63, 3.8) is 0 Å². The van der Waals surface area contributed by atoms with Crippen LogP contribution in [-0.4, -0.2) is 14.5 Å². The Morgan fingerprint density at radius 1 is 0.456 bits per heavy atom. The summed E-state index contributed by atoms with van der Waals surface area (Å²) in [5.74, 6) is 2.40. The Balaban J connectivity index is 1.22. The molecule has 2 aromatic heterocycles. The highest BCUT2D eigenvalue weighted by atomic mass is 16.5. The molecule has 13 rings (SSSR count). The van der Waals surface area contributed by atoms with Gasteiger partial charge in [0, 0.05) is 38.4 Å². The summed E-state index contributed by atoms with van der Waals surface area (Å²) in [7, 11) is 0. The molecule has 9 aromatic carbocycles. The first-order valence-electron chi connectivity index (χ1n) is 19.5. The molecule has 4 heteroatoms. The van der Waals surface area contributed by atoms with Crippen LogP contribution in [0.4, 0.5) is 0 Å². The summed E-state index contributed by atoms with van der Waals surface area (Å²) in [6.45, 7) is 0. The van der Waals surface area contributed by atoms with Gasteiger partial charge in [-0.15, -0.1) is 0 Å². The number of ether oxygens (including phenoxy) is 1. The SMILES string of the molecule is c1ccc2c(c1)Oc1ccccc1C21c2ccccc2-c2c1ccc1c3c4ccccc4ccc3n(-c3nc(-c4ccc5ccccc5c4)c4ccccc4n3)c21. The van der Waals surface area contributed by atoms with Gasteiger partial charge in [-0.25, -0.2) is 9.97 Å². The van der Waals surface area contributed by atoms with Crippen LogP contribution in [0.2, 0.25) is 0 Å². The number of rotatable bonds is 2. The maximum Gasteiger partial charge on any atom is 0.235 e. The molecule has 0 fully saturated rings. The Morgan fingerprint density at radius 2 is 1.11 bits per heavy atom. The van der Waals surface area contributed by atoms with Crippen LogP contribution in [-0.2, 0) is 5.41 Å². The predicted octanol–water partition coefficient (Wildman–Crippen LogP) is 13.2. The molecule has 3 heterocycles. The van der Waals surface area contributed by atoms with Gasteiger partial charge in [-0.3, -0.25) is 4.57 Å². The fourth-order valence-electron chi connectivity index (χ4n) is 10.1. The van der Waals surface area contributed by atoms with Crippen LogP contribution in [0, 0.1) is 0 Å². The minimum Gasteiger partial charge on any atom is -0.457 e. The summed E-state index contributed by atoms with van der Waals surface area (Å²) < 4.78 is 9.02. The minimum absolute atomic E-state index is 0.602. The van der Waals surface area contributed by atoms with Gasteiger partial charge in [0.2, 0.25) is 5.95 Å². The summed E-state index contributed by atoms with van der Waals surface area (Å²) in [6.07, 6.45) is 0. The van der Waals surface area contributed by atoms with E-state index in [-0.39, 0.29) is 0 Å². The lowest BCUT2D eigenvalue weighted by molar-refractivity contribution is 0.436. The zero-order chi connectivity index (χ0) is 37.2. The van der Waals surface area contributed by atoms with Gasteiger partial charge in [0.05, 0.1) is 27.7 Å². The fraction of sp³-hybridized carbons (Fsp3) is 0.0189. The first-order chi connectivity index (χ1) is 28.3. The van der Waals surface area contributed by atoms with Crippen molar-refractivity contribution in [1.82, 2.24) is 14.5 Å². The highest BCUT2D eigenvalue weighted by Gasteiger charge is 2.51. The zero-order valence-electron chi connectivity index (χ0n) is 30.6. The standard InChI is InChI=1S/C53H31N3O/c1-2-15-34-31-35(26-25-32(34)13-1)50-38-18-6-10-22-44(38)54-52(55-50)56-45-30-27-33-14-3-4-16-36(33)48(45)39-28-29-43-49(51(39)56)37-17-5-7-19-40(37)53(43)41-20-8-11-23-46(41)57-47-24-12-9-21-42(47)53/h1-31H. The van der Waals surface area contributed by atoms with Gasteiger partial charge < -0.3 is 4.74 Å². The third-order valence-electron chi connectivity index (χ3n) is 12.4. The van der Waals surface area contributed by atoms with Crippen molar-refractivity contribution in [2.24, 2.45) is 0 Å². The first-order valence-corrected chi connectivity index (χ1v) is 19.5. The van der Waals surface area contributed by atoms with Crippen molar-refractivity contribution in [3.8, 4) is 39.8 Å². The monoisotopic (exact) mass is 725 g/mol. The molecule has 0 radical (unpaired) electrons. The Labute approximate surface area is 327 Å². The molecule has 0 N–H and O–H groups in total. The minimum atomic E-state index is -0.602. The Kier molecular flexibility index (Phi) is 6.07. The fourth-order valence-corrected chi connectivity index (χ4v) is 10.1. The third kappa shape index (κ3) is 4.01. The molecule has 11 aromatic rings. The number of nitrogens with zero attached hydrogens (tertiary/aromatic N) is 3. The highest BCUT2D eigenvalue weighted by Crippen LogP contribution is 2.63. The molecule has 1 spiro atoms. The van der Waals surface area contributed by atoms with E-state index in [0.717, 1.165) is 55.8 Å². The van der Waals surface area contributed by atoms with Crippen LogP contribution in [0.3, 0.4) is 0 Å². The molecule has 264 valence electrons. The van der Waals surface area contributed by atoms with Crippen molar-refractivity contribution in [2.45, 2.75) is 5.41 Å². The van der Waals surface area contributed by atoms with E-state index in [1.807, 2.05) is 0 Å². The molecule has 4 nitrogen and oxygen atoms in total. The smallest absolute Gasteiger partial charge is 0.235 e. The maximum absolute atomic E-state index is 6.67. The topological polar surface area (TPSA) is 39.9 Å². The second kappa shape index (κ2) is 11.2. The predicted molar refractivity (Wildman–Crippen MR) is 232 cm³/mol. The molecular formula is C53H31N3O. The van der Waals surface area contributed by atoms with E-state index < -0.39 is 5.41 Å². The summed E-state index contributed by atoms with van der Waals surface area (Å²) in [5, 5.41) is 8.17. The van der Waals surface area contributed by atoms with Crippen LogP contribution >= 0.6 is 0 Å². The van der Waals surface area contributed by atoms with Crippen molar-refractivity contribution >= 4 is 54.3 Å². The normalized spacial score (nSPS) is 13.5. The van der Waals surface area contributed by atoms with Gasteiger partial charge in [-0.1, -0.05) is 158 Å². The second-order valence-corrected chi connectivity index (χ2v) is 15.2. The lowest BCUT2D eigenvalue weighted by Gasteiger charge is -2.39. The molecule has 2 aliphatic rings. The molecule has 0 amide bonds. The molecule has 57 heavy (non-hydrogen) atoms. The van der Waals surface area contributed by atoms with E-state index in [9.17, 15) is 0 Å². The third-order valence-corrected chi connectivity index (χ3v) is 12.4. The lowest BCUT2D eigenvalue weighted by Crippen LogP contribution is -2.32. The van der Waals surface area contributed by atoms with E-state index in [4.69, 9.17) is 14.7 Å². The second-order valence-electron chi connectivity index (χ2n) is 15.2. The van der Waals surface area contributed by atoms with Gasteiger partial charge in [0.1, 0.15) is 11.5 Å². The Morgan fingerprint density at radius 3 is 1.93 bits per heavy atom. The van der Waals surface area contributed by atoms with E-state index in [0.29, 0.717) is 5.95 Å². The average Bonchev–Trinajstić information content (AvgIpc) is 3.77. The summed E-state index contributed by atoms with van der Waals surface area (Å²) in [5.41, 5.74) is 11.6. The molecule has 0 bridgehead atoms. The van der Waals surface area contributed by atoms with Crippen molar-refractivity contribution in [3.05, 3.63) is 210 Å². The maximum atomic E-state index is 6.67. The Bertz CT molecular complexity index is 3480. The van der Waals surface area contributed by atoms with Crippen LogP contribution in [0.1, 0.15) is 22.3 Å². The molecule has 1 aliphatic heterocycles. The zero-order valence-corrected chi connectivity index (χ0v) is 30.6. The summed E-state index contributed by atoms with van der Waals surface area (Å²) in [4.78, 5) is 11.0. The van der Waals surface area contributed by atoms with Crippen molar-refractivity contribution in [1.29, 1.82) is 0 Å². The largest absolute Gasteiger partial charge is 0.457 e. The van der Waals surface area contributed by atoms with Gasteiger partial charge in [0.15, 0.2) is 0 Å². The highest BCUT2D eigenvalue weighted by molar-refractivity contribution is 6.24. The average molecular weight is 726 g/mol. The van der Waals surface area contributed by atoms with Gasteiger partial charge in [-0.05, 0) is 68.6 Å². The first kappa shape index (κ1) is 30.7. The van der Waals surface area contributed by atoms with Gasteiger partial charge in [-0.2, -0.15) is 0 Å². The number of benzene rings is 9. The quantitative estimate of drug-likeness (QED) is 0.178. The summed E-state index contributed by atoms with van der Waals surface area (Å²) in [6, 6.07) is 67.5. The molecule has 0 unspecified atom stereocenters. The van der Waals surface area contributed by atoms with E-state index in [1.54, 1.807) is 0 Å². The Hall–Kier alpha value is -7.56. The van der Waals surface area contributed by atoms with Crippen LogP contribution < -0.4 is 4.74 Å². The van der Waals surface area contributed by atoms with Crippen LogP contribution in [0.25, 0.3) is 82.6 Å². The number of para-hydroxylation sites is 3.